The molecule has 4 atom stereocenters. The van der Waals surface area contributed by atoms with Crippen LogP contribution in [0.15, 0.2) is 15.9 Å². The van der Waals surface area contributed by atoms with Gasteiger partial charge in [0.15, 0.2) is 6.23 Å². The molecular weight excluding hydrogens is 292 g/mol. The van der Waals surface area contributed by atoms with Crippen LogP contribution in [0.2, 0.25) is 0 Å². The van der Waals surface area contributed by atoms with Gasteiger partial charge in [0, 0.05) is 0 Å². The Morgan fingerprint density at radius 3 is 2.95 bits per heavy atom. The van der Waals surface area contributed by atoms with Crippen molar-refractivity contribution in [1.82, 2.24) is 14.5 Å². The maximum atomic E-state index is 15.0. The van der Waals surface area contributed by atoms with E-state index in [1.807, 2.05) is 0 Å². The molecule has 1 saturated heterocycles. The second-order valence-electron chi connectivity index (χ2n) is 4.07. The average molecular weight is 305 g/mol. The molecule has 2 heterocycles. The van der Waals surface area contributed by atoms with Gasteiger partial charge in [-0.3, -0.25) is 9.55 Å². The van der Waals surface area contributed by atoms with Crippen molar-refractivity contribution in [2.45, 2.75) is 24.1 Å². The molecule has 0 saturated carbocycles. The molecule has 1 aromatic heterocycles. The van der Waals surface area contributed by atoms with Crippen molar-refractivity contribution in [3.8, 4) is 11.8 Å². The number of aliphatic hydroxyl groups excluding tert-OH is 1. The Kier molecular flexibility index (Phi) is 3.44. The van der Waals surface area contributed by atoms with Crippen LogP contribution in [0.4, 0.5) is 8.78 Å². The van der Waals surface area contributed by atoms with E-state index in [-0.39, 0.29) is 0 Å². The Morgan fingerprint density at radius 1 is 1.67 bits per heavy atom. The number of nitrogens with one attached hydrogen (secondary N) is 1. The molecular formula is C11H11F2N3O5. The minimum absolute atomic E-state index is 0.406. The molecule has 1 unspecified atom stereocenters. The number of halogens is 2. The number of ether oxygens (including phenoxy) is 1. The minimum atomic E-state index is -3.18. The van der Waals surface area contributed by atoms with Gasteiger partial charge in [0.2, 0.25) is 5.67 Å². The molecule has 0 aromatic carbocycles. The van der Waals surface area contributed by atoms with Crippen molar-refractivity contribution in [3.63, 3.8) is 0 Å². The lowest BCUT2D eigenvalue weighted by molar-refractivity contribution is -0.0549. The normalized spacial score (nSPS) is 33.8. The van der Waals surface area contributed by atoms with Crippen LogP contribution in [-0.2, 0) is 4.74 Å². The molecule has 0 bridgehead atoms. The molecule has 21 heavy (non-hydrogen) atoms. The van der Waals surface area contributed by atoms with Gasteiger partial charge in [0.05, 0.1) is 9.30 Å². The van der Waals surface area contributed by atoms with E-state index < -0.39 is 48.7 Å². The number of rotatable bonds is 2. The zero-order valence-corrected chi connectivity index (χ0v) is 10.3. The lowest BCUT2D eigenvalue weighted by Gasteiger charge is -2.23. The summed E-state index contributed by atoms with van der Waals surface area (Å²) in [7, 11) is 0. The smallest absolute Gasteiger partial charge is 0.350 e. The summed E-state index contributed by atoms with van der Waals surface area (Å²) in [5.74, 6) is 3.45. The summed E-state index contributed by atoms with van der Waals surface area (Å²) in [4.78, 5) is 27.5. The molecule has 0 aliphatic carbocycles. The molecule has 3 N–H and O–H groups in total. The van der Waals surface area contributed by atoms with Crippen LogP contribution in [-0.4, -0.2) is 55.9 Å². The number of aromatic nitrogens is 3. The van der Waals surface area contributed by atoms with Crippen LogP contribution in [0.1, 0.15) is 8.97 Å². The fraction of sp³-hybridized carbons (Fsp3) is 0.545. The number of H-pyrrole nitrogens is 1. The summed E-state index contributed by atoms with van der Waals surface area (Å²) in [6.07, 6.45) is -5.93. The molecule has 10 heteroatoms. The number of hydrogen-bond donors (Lipinski definition) is 3. The highest BCUT2D eigenvalue weighted by Crippen LogP contribution is 2.40. The zero-order chi connectivity index (χ0) is 17.4. The molecule has 114 valence electrons. The first-order chi connectivity index (χ1) is 10.6. The SMILES string of the molecule is [2H]C([2H])(O)[C@H]1O[C@@H](n2cnc(=O)[nH]c2=O)C(F)(C#CCF)[C@H]1O. The van der Waals surface area contributed by atoms with Gasteiger partial charge in [0.1, 0.15) is 25.2 Å². The third-order valence-electron chi connectivity index (χ3n) is 2.83. The third-order valence-corrected chi connectivity index (χ3v) is 2.83. The van der Waals surface area contributed by atoms with E-state index in [1.54, 1.807) is 16.8 Å². The Bertz CT molecular complexity index is 768. The van der Waals surface area contributed by atoms with E-state index in [4.69, 9.17) is 7.48 Å². The predicted octanol–water partition coefficient (Wildman–Crippen LogP) is -2.14. The Labute approximate surface area is 118 Å². The van der Waals surface area contributed by atoms with Crippen molar-refractivity contribution >= 4 is 0 Å². The van der Waals surface area contributed by atoms with Gasteiger partial charge in [0.25, 0.3) is 0 Å². The second-order valence-corrected chi connectivity index (χ2v) is 4.07. The standard InChI is InChI=1S/C11H11F2N3O5/c12-3-1-2-11(13)7(18)6(4-17)21-8(11)16-5-14-9(19)15-10(16)20/h5-8,17-18H,3-4H2,(H,15,19,20)/t6-,7+,8-,11?/m1/s1/i4D2. The fourth-order valence-corrected chi connectivity index (χ4v) is 1.87. The highest BCUT2D eigenvalue weighted by atomic mass is 19.1. The first-order valence-electron chi connectivity index (χ1n) is 6.59. The van der Waals surface area contributed by atoms with E-state index in [0.717, 1.165) is 0 Å². The lowest BCUT2D eigenvalue weighted by atomic mass is 9.96. The largest absolute Gasteiger partial charge is 0.394 e. The fourth-order valence-electron chi connectivity index (χ4n) is 1.87. The number of hydrogen-bond acceptors (Lipinski definition) is 6. The van der Waals surface area contributed by atoms with Crippen LogP contribution in [0.3, 0.4) is 0 Å². The molecule has 1 aliphatic rings. The van der Waals surface area contributed by atoms with Gasteiger partial charge in [-0.05, 0) is 0 Å². The van der Waals surface area contributed by atoms with Crippen molar-refractivity contribution in [2.75, 3.05) is 13.2 Å². The van der Waals surface area contributed by atoms with Gasteiger partial charge in [-0.15, -0.1) is 0 Å². The summed E-state index contributed by atoms with van der Waals surface area (Å²) in [6.45, 7) is -4.46. The summed E-state index contributed by atoms with van der Waals surface area (Å²) >= 11 is 0. The van der Waals surface area contributed by atoms with Crippen LogP contribution >= 0.6 is 0 Å². The molecule has 0 spiro atoms. The van der Waals surface area contributed by atoms with E-state index in [9.17, 15) is 24.2 Å². The van der Waals surface area contributed by atoms with E-state index in [0.29, 0.717) is 10.9 Å². The number of nitrogens with zero attached hydrogens (tertiary/aromatic N) is 2. The number of aliphatic hydroxyl groups is 2. The number of alkyl halides is 2. The highest BCUT2D eigenvalue weighted by molar-refractivity contribution is 5.23. The molecule has 0 radical (unpaired) electrons. The Hall–Kier alpha value is -2.09. The molecule has 8 nitrogen and oxygen atoms in total. The molecule has 2 rings (SSSR count). The van der Waals surface area contributed by atoms with E-state index in [2.05, 4.69) is 4.98 Å². The lowest BCUT2D eigenvalue weighted by Crippen LogP contribution is -2.45. The van der Waals surface area contributed by atoms with Gasteiger partial charge in [-0.2, -0.15) is 4.98 Å². The Balaban J connectivity index is 2.59. The van der Waals surface area contributed by atoms with E-state index in [1.165, 1.54) is 0 Å². The van der Waals surface area contributed by atoms with Crippen LogP contribution < -0.4 is 11.4 Å². The summed E-state index contributed by atoms with van der Waals surface area (Å²) < 4.78 is 46.8. The van der Waals surface area contributed by atoms with Crippen molar-refractivity contribution in [2.24, 2.45) is 0 Å². The van der Waals surface area contributed by atoms with Gasteiger partial charge < -0.3 is 14.9 Å². The zero-order valence-electron chi connectivity index (χ0n) is 12.3. The first-order valence-corrected chi connectivity index (χ1v) is 5.59. The van der Waals surface area contributed by atoms with Crippen molar-refractivity contribution in [1.29, 1.82) is 0 Å². The van der Waals surface area contributed by atoms with Crippen molar-refractivity contribution < 1.29 is 26.5 Å². The van der Waals surface area contributed by atoms with Crippen LogP contribution in [0.25, 0.3) is 0 Å². The Morgan fingerprint density at radius 2 is 2.38 bits per heavy atom. The summed E-state index contributed by atoms with van der Waals surface area (Å²) in [5, 5.41) is 19.2. The van der Waals surface area contributed by atoms with Crippen molar-refractivity contribution in [3.05, 3.63) is 27.3 Å². The molecule has 0 amide bonds. The maximum absolute atomic E-state index is 15.0. The highest BCUT2D eigenvalue weighted by Gasteiger charge is 2.57. The first kappa shape index (κ1) is 12.6. The quantitative estimate of drug-likeness (QED) is 0.537. The van der Waals surface area contributed by atoms with Gasteiger partial charge in [-0.25, -0.2) is 18.4 Å². The summed E-state index contributed by atoms with van der Waals surface area (Å²) in [5.41, 5.74) is -5.33. The molecule has 1 aliphatic heterocycles. The number of aromatic amines is 1. The van der Waals surface area contributed by atoms with Crippen LogP contribution in [0, 0.1) is 11.8 Å². The van der Waals surface area contributed by atoms with Gasteiger partial charge in [-0.1, -0.05) is 11.8 Å². The van der Waals surface area contributed by atoms with Gasteiger partial charge >= 0.3 is 11.4 Å². The molecule has 1 aromatic rings. The summed E-state index contributed by atoms with van der Waals surface area (Å²) in [6, 6.07) is 0. The third kappa shape index (κ3) is 2.58. The molecule has 1 fully saturated rings. The minimum Gasteiger partial charge on any atom is -0.394 e. The predicted molar refractivity (Wildman–Crippen MR) is 63.7 cm³/mol. The average Bonchev–Trinajstić information content (AvgIpc) is 2.70. The van der Waals surface area contributed by atoms with E-state index >= 15 is 4.39 Å². The maximum Gasteiger partial charge on any atom is 0.350 e. The van der Waals surface area contributed by atoms with Crippen LogP contribution in [0.5, 0.6) is 0 Å². The monoisotopic (exact) mass is 305 g/mol. The topological polar surface area (TPSA) is 117 Å². The second kappa shape index (κ2) is 5.72.